The number of anilines is 1. The molecule has 4 N–H and O–H groups in total. The Morgan fingerprint density at radius 3 is 2.68 bits per heavy atom. The highest BCUT2D eigenvalue weighted by Crippen LogP contribution is 2.28. The lowest BCUT2D eigenvalue weighted by atomic mass is 9.85. The second-order valence-corrected chi connectivity index (χ2v) is 4.33. The van der Waals surface area contributed by atoms with Crippen molar-refractivity contribution in [1.29, 1.82) is 0 Å². The minimum absolute atomic E-state index is 0.123. The zero-order valence-corrected chi connectivity index (χ0v) is 11.3. The molecule has 0 spiro atoms. The molecular weight excluding hydrogens is 246 g/mol. The lowest BCUT2D eigenvalue weighted by Gasteiger charge is -2.25. The molecule has 0 saturated heterocycles. The lowest BCUT2D eigenvalue weighted by Crippen LogP contribution is -2.44. The Balaban J connectivity index is 3.01. The molecule has 104 valence electrons. The summed E-state index contributed by atoms with van der Waals surface area (Å²) in [6.45, 7) is 3.41. The van der Waals surface area contributed by atoms with Gasteiger partial charge in [0.1, 0.15) is 11.2 Å². The second kappa shape index (κ2) is 6.08. The Morgan fingerprint density at radius 2 is 2.16 bits per heavy atom. The van der Waals surface area contributed by atoms with E-state index in [1.807, 2.05) is 0 Å². The van der Waals surface area contributed by atoms with Crippen LogP contribution >= 0.6 is 0 Å². The fraction of sp³-hybridized carbons (Fsp3) is 0.385. The maximum absolute atomic E-state index is 12.3. The molecule has 0 radical (unpaired) electrons. The van der Waals surface area contributed by atoms with E-state index in [-0.39, 0.29) is 11.7 Å². The number of nitrogens with two attached hydrogens (primary N) is 1. The Bertz CT molecular complexity index is 488. The fourth-order valence-corrected chi connectivity index (χ4v) is 1.58. The van der Waals surface area contributed by atoms with E-state index in [1.165, 1.54) is 7.11 Å². The highest BCUT2D eigenvalue weighted by molar-refractivity contribution is 6.11. The minimum Gasteiger partial charge on any atom is -0.495 e. The van der Waals surface area contributed by atoms with Crippen molar-refractivity contribution in [3.63, 3.8) is 0 Å². The van der Waals surface area contributed by atoms with Gasteiger partial charge in [0.2, 0.25) is 5.91 Å². The molecular formula is C13H19N3O3. The van der Waals surface area contributed by atoms with E-state index in [0.717, 1.165) is 0 Å². The molecule has 0 aliphatic heterocycles. The highest BCUT2D eigenvalue weighted by atomic mass is 16.5. The predicted molar refractivity (Wildman–Crippen MR) is 73.4 cm³/mol. The van der Waals surface area contributed by atoms with Crippen LogP contribution in [0.15, 0.2) is 29.4 Å². The molecule has 1 atom stereocenters. The van der Waals surface area contributed by atoms with Gasteiger partial charge in [0.05, 0.1) is 12.8 Å². The maximum Gasteiger partial charge on any atom is 0.238 e. The summed E-state index contributed by atoms with van der Waals surface area (Å²) in [6, 6.07) is 7.05. The molecule has 0 heterocycles. The van der Waals surface area contributed by atoms with Crippen molar-refractivity contribution in [1.82, 2.24) is 0 Å². The first-order valence-corrected chi connectivity index (χ1v) is 5.92. The summed E-state index contributed by atoms with van der Waals surface area (Å²) >= 11 is 0. The average Bonchev–Trinajstić information content (AvgIpc) is 2.45. The number of para-hydroxylation sites is 2. The van der Waals surface area contributed by atoms with E-state index in [4.69, 9.17) is 15.7 Å². The summed E-state index contributed by atoms with van der Waals surface area (Å²) in [5, 5.41) is 14.4. The summed E-state index contributed by atoms with van der Waals surface area (Å²) in [5.74, 6) is 0.0750. The van der Waals surface area contributed by atoms with Gasteiger partial charge in [-0.15, -0.1) is 0 Å². The minimum atomic E-state index is -1.07. The average molecular weight is 265 g/mol. The number of carbonyl (C=O) groups excluding carboxylic acids is 1. The third kappa shape index (κ3) is 2.96. The van der Waals surface area contributed by atoms with Crippen molar-refractivity contribution >= 4 is 17.4 Å². The van der Waals surface area contributed by atoms with Gasteiger partial charge < -0.3 is 21.0 Å². The molecule has 0 bridgehead atoms. The van der Waals surface area contributed by atoms with Gasteiger partial charge in [-0.3, -0.25) is 4.79 Å². The molecule has 0 aliphatic rings. The van der Waals surface area contributed by atoms with Crippen molar-refractivity contribution in [3.8, 4) is 5.75 Å². The third-order valence-corrected chi connectivity index (χ3v) is 3.24. The van der Waals surface area contributed by atoms with E-state index in [1.54, 1.807) is 38.1 Å². The van der Waals surface area contributed by atoms with E-state index >= 15 is 0 Å². The molecule has 0 aromatic heterocycles. The van der Waals surface area contributed by atoms with E-state index in [0.29, 0.717) is 17.9 Å². The smallest absolute Gasteiger partial charge is 0.238 e. The summed E-state index contributed by atoms with van der Waals surface area (Å²) in [6.07, 6.45) is 0.407. The van der Waals surface area contributed by atoms with Crippen LogP contribution < -0.4 is 15.8 Å². The normalized spacial score (nSPS) is 14.6. The van der Waals surface area contributed by atoms with Crippen molar-refractivity contribution in [3.05, 3.63) is 24.3 Å². The van der Waals surface area contributed by atoms with Crippen LogP contribution in [0.3, 0.4) is 0 Å². The second-order valence-electron chi connectivity index (χ2n) is 4.33. The van der Waals surface area contributed by atoms with Gasteiger partial charge in [0, 0.05) is 0 Å². The largest absolute Gasteiger partial charge is 0.495 e. The standard InChI is InChI=1S/C13H19N3O3/c1-4-13(2,11(14)16-18)12(17)15-9-7-5-6-8-10(9)19-3/h5-8,18H,4H2,1-3H3,(H2,14,16)(H,15,17). The van der Waals surface area contributed by atoms with Crippen LogP contribution in [0.4, 0.5) is 5.69 Å². The maximum atomic E-state index is 12.3. The Hall–Kier alpha value is -2.24. The van der Waals surface area contributed by atoms with Gasteiger partial charge in [-0.05, 0) is 25.5 Å². The van der Waals surface area contributed by atoms with Gasteiger partial charge >= 0.3 is 0 Å². The number of amidine groups is 1. The zero-order chi connectivity index (χ0) is 14.5. The summed E-state index contributed by atoms with van der Waals surface area (Å²) in [4.78, 5) is 12.3. The quantitative estimate of drug-likeness (QED) is 0.327. The third-order valence-electron chi connectivity index (χ3n) is 3.24. The van der Waals surface area contributed by atoms with E-state index in [2.05, 4.69) is 10.5 Å². The molecule has 0 fully saturated rings. The number of amides is 1. The van der Waals surface area contributed by atoms with Gasteiger partial charge in [-0.25, -0.2) is 0 Å². The number of methoxy groups -OCH3 is 1. The van der Waals surface area contributed by atoms with E-state index in [9.17, 15) is 4.79 Å². The number of carbonyl (C=O) groups is 1. The summed E-state index contributed by atoms with van der Waals surface area (Å²) < 4.78 is 5.15. The lowest BCUT2D eigenvalue weighted by molar-refractivity contribution is -0.121. The first kappa shape index (κ1) is 14.8. The van der Waals surface area contributed by atoms with Crippen LogP contribution in [0.5, 0.6) is 5.75 Å². The first-order chi connectivity index (χ1) is 8.99. The molecule has 1 unspecified atom stereocenters. The monoisotopic (exact) mass is 265 g/mol. The zero-order valence-electron chi connectivity index (χ0n) is 11.3. The number of nitrogens with one attached hydrogen (secondary N) is 1. The highest BCUT2D eigenvalue weighted by Gasteiger charge is 2.36. The van der Waals surface area contributed by atoms with Gasteiger partial charge in [-0.2, -0.15) is 0 Å². The molecule has 1 rings (SSSR count). The molecule has 1 aromatic carbocycles. The first-order valence-electron chi connectivity index (χ1n) is 5.92. The molecule has 0 saturated carbocycles. The summed E-state index contributed by atoms with van der Waals surface area (Å²) in [5.41, 5.74) is 5.06. The molecule has 19 heavy (non-hydrogen) atoms. The number of oxime groups is 1. The van der Waals surface area contributed by atoms with E-state index < -0.39 is 5.41 Å². The van der Waals surface area contributed by atoms with Crippen molar-refractivity contribution in [2.24, 2.45) is 16.3 Å². The summed E-state index contributed by atoms with van der Waals surface area (Å²) in [7, 11) is 1.52. The van der Waals surface area contributed by atoms with Gasteiger partial charge in [0.15, 0.2) is 5.84 Å². The van der Waals surface area contributed by atoms with Crippen LogP contribution in [0.25, 0.3) is 0 Å². The van der Waals surface area contributed by atoms with Crippen molar-refractivity contribution < 1.29 is 14.7 Å². The van der Waals surface area contributed by atoms with Crippen LogP contribution in [0.1, 0.15) is 20.3 Å². The SMILES string of the molecule is CCC(C)(C(=O)Nc1ccccc1OC)/C(N)=N/O. The molecule has 1 aromatic rings. The van der Waals surface area contributed by atoms with Crippen LogP contribution in [0, 0.1) is 5.41 Å². The predicted octanol–water partition coefficient (Wildman–Crippen LogP) is 1.80. The fourth-order valence-electron chi connectivity index (χ4n) is 1.58. The molecule has 6 nitrogen and oxygen atoms in total. The molecule has 0 aliphatic carbocycles. The van der Waals surface area contributed by atoms with Crippen LogP contribution in [0.2, 0.25) is 0 Å². The van der Waals surface area contributed by atoms with Crippen LogP contribution in [-0.4, -0.2) is 24.1 Å². The number of nitrogens with zero attached hydrogens (tertiary/aromatic N) is 1. The topological polar surface area (TPSA) is 96.9 Å². The number of ether oxygens (including phenoxy) is 1. The Kier molecular flexibility index (Phi) is 4.74. The van der Waals surface area contributed by atoms with Crippen LogP contribution in [-0.2, 0) is 4.79 Å². The number of rotatable bonds is 5. The van der Waals surface area contributed by atoms with Crippen molar-refractivity contribution in [2.45, 2.75) is 20.3 Å². The Morgan fingerprint density at radius 1 is 1.53 bits per heavy atom. The Labute approximate surface area is 112 Å². The number of hydrogen-bond acceptors (Lipinski definition) is 4. The van der Waals surface area contributed by atoms with Crippen molar-refractivity contribution in [2.75, 3.05) is 12.4 Å². The number of benzene rings is 1. The number of hydrogen-bond donors (Lipinski definition) is 3. The molecule has 6 heteroatoms. The van der Waals surface area contributed by atoms with Gasteiger partial charge in [0.25, 0.3) is 0 Å². The molecule has 1 amide bonds. The van der Waals surface area contributed by atoms with Gasteiger partial charge in [-0.1, -0.05) is 24.2 Å².